The zero-order chi connectivity index (χ0) is 25.8. The van der Waals surface area contributed by atoms with Crippen LogP contribution in [-0.2, 0) is 9.59 Å². The summed E-state index contributed by atoms with van der Waals surface area (Å²) in [6, 6.07) is 4.68. The van der Waals surface area contributed by atoms with Crippen LogP contribution in [-0.4, -0.2) is 11.6 Å². The molecule has 4 heteroatoms. The van der Waals surface area contributed by atoms with Gasteiger partial charge < -0.3 is 0 Å². The van der Waals surface area contributed by atoms with E-state index in [0.717, 1.165) is 44.1 Å². The molecule has 0 amide bonds. The van der Waals surface area contributed by atoms with Gasteiger partial charge in [0, 0.05) is 16.7 Å². The zero-order valence-electron chi connectivity index (χ0n) is 22.3. The number of rotatable bonds is 0. The minimum atomic E-state index is -0.674. The van der Waals surface area contributed by atoms with Crippen LogP contribution in [0.1, 0.15) is 87.0 Å². The maximum absolute atomic E-state index is 14.2. The zero-order valence-corrected chi connectivity index (χ0v) is 22.3. The van der Waals surface area contributed by atoms with E-state index in [-0.39, 0.29) is 45.2 Å². The second kappa shape index (κ2) is 6.85. The number of nitrogens with zero attached hydrogens (tertiary/aromatic N) is 2. The van der Waals surface area contributed by atoms with Crippen LogP contribution >= 0.6 is 0 Å². The van der Waals surface area contributed by atoms with Crippen LogP contribution in [0, 0.1) is 67.0 Å². The van der Waals surface area contributed by atoms with Gasteiger partial charge in [-0.3, -0.25) is 9.59 Å². The Morgan fingerprint density at radius 2 is 1.51 bits per heavy atom. The van der Waals surface area contributed by atoms with Crippen molar-refractivity contribution in [2.75, 3.05) is 0 Å². The van der Waals surface area contributed by atoms with Crippen molar-refractivity contribution in [1.82, 2.24) is 0 Å². The number of hydrogen-bond donors (Lipinski definition) is 0. The van der Waals surface area contributed by atoms with E-state index in [1.165, 1.54) is 5.57 Å². The van der Waals surface area contributed by atoms with Gasteiger partial charge in [-0.1, -0.05) is 53.7 Å². The molecule has 0 aromatic carbocycles. The predicted octanol–water partition coefficient (Wildman–Crippen LogP) is 6.65. The molecule has 35 heavy (non-hydrogen) atoms. The standard InChI is InChI=1S/C31H38N2O2/c1-26(2)23-8-9-31(7)24(29(23,5)15-19(17-32)25(26)35)22(34)14-20-21-16-27(3,18-33)10-11-28(21,4)12-13-30(20,31)6/h14-16,23-24H,8-13H2,1-7H3/t23-,24+,27-,28+,29-,30+,31+/m0/s1. The molecule has 0 bridgehead atoms. The smallest absolute Gasteiger partial charge is 0.178 e. The van der Waals surface area contributed by atoms with Gasteiger partial charge in [-0.25, -0.2) is 0 Å². The lowest BCUT2D eigenvalue weighted by atomic mass is 9.35. The first-order valence-electron chi connectivity index (χ1n) is 13.2. The third-order valence-corrected chi connectivity index (χ3v) is 11.7. The highest BCUT2D eigenvalue weighted by Crippen LogP contribution is 2.73. The fourth-order valence-corrected chi connectivity index (χ4v) is 9.29. The molecule has 0 spiro atoms. The summed E-state index contributed by atoms with van der Waals surface area (Å²) >= 11 is 0. The molecule has 0 radical (unpaired) electrons. The first-order chi connectivity index (χ1) is 16.1. The van der Waals surface area contributed by atoms with E-state index in [2.05, 4.69) is 45.9 Å². The Morgan fingerprint density at radius 3 is 2.14 bits per heavy atom. The first-order valence-corrected chi connectivity index (χ1v) is 13.2. The second-order valence-electron chi connectivity index (χ2n) is 14.0. The lowest BCUT2D eigenvalue weighted by Gasteiger charge is -2.67. The fourth-order valence-electron chi connectivity index (χ4n) is 9.29. The third-order valence-electron chi connectivity index (χ3n) is 11.7. The normalized spacial score (nSPS) is 48.0. The molecule has 0 saturated heterocycles. The monoisotopic (exact) mass is 470 g/mol. The number of hydrogen-bond acceptors (Lipinski definition) is 4. The van der Waals surface area contributed by atoms with Crippen molar-refractivity contribution in [2.24, 2.45) is 44.3 Å². The van der Waals surface area contributed by atoms with Crippen molar-refractivity contribution in [3.05, 3.63) is 34.9 Å². The maximum atomic E-state index is 14.2. The van der Waals surface area contributed by atoms with E-state index in [1.807, 2.05) is 32.9 Å². The Kier molecular flexibility index (Phi) is 4.74. The number of fused-ring (bicyclic) bond motifs is 7. The second-order valence-corrected chi connectivity index (χ2v) is 14.0. The Labute approximate surface area is 210 Å². The number of carbonyl (C=O) groups excluding carboxylic acids is 2. The molecule has 2 fully saturated rings. The van der Waals surface area contributed by atoms with E-state index in [4.69, 9.17) is 0 Å². The van der Waals surface area contributed by atoms with E-state index in [0.29, 0.717) is 0 Å². The molecule has 0 N–H and O–H groups in total. The molecule has 5 aliphatic rings. The summed E-state index contributed by atoms with van der Waals surface area (Å²) in [7, 11) is 0. The Morgan fingerprint density at radius 1 is 0.857 bits per heavy atom. The topological polar surface area (TPSA) is 81.7 Å². The molecule has 0 aliphatic heterocycles. The van der Waals surface area contributed by atoms with Crippen molar-refractivity contribution in [3.8, 4) is 12.1 Å². The molecular formula is C31H38N2O2. The van der Waals surface area contributed by atoms with Gasteiger partial charge in [0.15, 0.2) is 11.6 Å². The fraction of sp³-hybridized carbons (Fsp3) is 0.677. The summed E-state index contributed by atoms with van der Waals surface area (Å²) in [5.41, 5.74) is 0.341. The summed E-state index contributed by atoms with van der Waals surface area (Å²) < 4.78 is 0. The van der Waals surface area contributed by atoms with Crippen LogP contribution < -0.4 is 0 Å². The van der Waals surface area contributed by atoms with E-state index >= 15 is 0 Å². The summed E-state index contributed by atoms with van der Waals surface area (Å²) in [5.74, 6) is -0.229. The summed E-state index contributed by atoms with van der Waals surface area (Å²) in [6.07, 6.45) is 11.6. The first kappa shape index (κ1) is 24.2. The predicted molar refractivity (Wildman–Crippen MR) is 134 cm³/mol. The Bertz CT molecular complexity index is 1240. The highest BCUT2D eigenvalue weighted by molar-refractivity contribution is 6.05. The summed E-state index contributed by atoms with van der Waals surface area (Å²) in [6.45, 7) is 15.0. The summed E-state index contributed by atoms with van der Waals surface area (Å²) in [4.78, 5) is 27.4. The molecule has 5 rings (SSSR count). The van der Waals surface area contributed by atoms with Gasteiger partial charge >= 0.3 is 0 Å². The van der Waals surface area contributed by atoms with Crippen molar-refractivity contribution < 1.29 is 9.59 Å². The number of nitriles is 2. The summed E-state index contributed by atoms with van der Waals surface area (Å²) in [5, 5.41) is 19.7. The number of allylic oxidation sites excluding steroid dienone is 6. The van der Waals surface area contributed by atoms with Gasteiger partial charge in [-0.15, -0.1) is 0 Å². The van der Waals surface area contributed by atoms with Gasteiger partial charge in [0.2, 0.25) is 0 Å². The average molecular weight is 471 g/mol. The molecule has 4 nitrogen and oxygen atoms in total. The van der Waals surface area contributed by atoms with Gasteiger partial charge in [-0.2, -0.15) is 10.5 Å². The van der Waals surface area contributed by atoms with Crippen LogP contribution in [0.4, 0.5) is 0 Å². The lowest BCUT2D eigenvalue weighted by molar-refractivity contribution is -0.164. The third kappa shape index (κ3) is 2.78. The quantitative estimate of drug-likeness (QED) is 0.397. The van der Waals surface area contributed by atoms with Crippen molar-refractivity contribution >= 4 is 11.6 Å². The van der Waals surface area contributed by atoms with Crippen molar-refractivity contribution in [2.45, 2.75) is 87.0 Å². The van der Waals surface area contributed by atoms with Gasteiger partial charge in [-0.05, 0) is 84.8 Å². The van der Waals surface area contributed by atoms with Crippen LogP contribution in [0.15, 0.2) is 34.9 Å². The molecule has 184 valence electrons. The molecule has 0 aromatic heterocycles. The number of carbonyl (C=O) groups is 2. The van der Waals surface area contributed by atoms with Gasteiger partial charge in [0.1, 0.15) is 6.07 Å². The molecular weight excluding hydrogens is 432 g/mol. The number of ketones is 2. The van der Waals surface area contributed by atoms with Crippen molar-refractivity contribution in [1.29, 1.82) is 10.5 Å². The van der Waals surface area contributed by atoms with Gasteiger partial charge in [0.25, 0.3) is 0 Å². The minimum absolute atomic E-state index is 0.000582. The molecule has 0 unspecified atom stereocenters. The molecule has 7 atom stereocenters. The Balaban J connectivity index is 1.74. The van der Waals surface area contributed by atoms with E-state index in [1.54, 1.807) is 0 Å². The van der Waals surface area contributed by atoms with Crippen LogP contribution in [0.5, 0.6) is 0 Å². The Hall–Kier alpha value is -2.46. The SMILES string of the molecule is CC1(C)C(=O)C(C#N)=C[C@]2(C)[C@H]3C(=O)C=C4C5=C[C@@](C)(C#N)CC[C@]5(C)CC[C@@]4(C)[C@]3(C)CC[C@@H]12. The van der Waals surface area contributed by atoms with Crippen molar-refractivity contribution in [3.63, 3.8) is 0 Å². The molecule has 0 aromatic rings. The van der Waals surface area contributed by atoms with Crippen LogP contribution in [0.3, 0.4) is 0 Å². The number of Topliss-reactive ketones (excluding diaryl/α,β-unsaturated/α-hetero) is 1. The van der Waals surface area contributed by atoms with E-state index < -0.39 is 16.2 Å². The molecule has 2 saturated carbocycles. The largest absolute Gasteiger partial charge is 0.294 e. The molecule has 5 aliphatic carbocycles. The average Bonchev–Trinajstić information content (AvgIpc) is 2.79. The highest BCUT2D eigenvalue weighted by atomic mass is 16.1. The van der Waals surface area contributed by atoms with E-state index in [9.17, 15) is 20.1 Å². The maximum Gasteiger partial charge on any atom is 0.178 e. The molecule has 0 heterocycles. The minimum Gasteiger partial charge on any atom is -0.294 e. The van der Waals surface area contributed by atoms with Gasteiger partial charge in [0.05, 0.1) is 17.1 Å². The lowest BCUT2D eigenvalue weighted by Crippen LogP contribution is -2.64. The van der Waals surface area contributed by atoms with Crippen LogP contribution in [0.2, 0.25) is 0 Å². The highest BCUT2D eigenvalue weighted by Gasteiger charge is 2.69. The van der Waals surface area contributed by atoms with Crippen LogP contribution in [0.25, 0.3) is 0 Å².